The van der Waals surface area contributed by atoms with Gasteiger partial charge in [-0.1, -0.05) is 6.08 Å². The minimum atomic E-state index is 0.896. The molecule has 2 aliphatic rings. The molecule has 2 rings (SSSR count). The van der Waals surface area contributed by atoms with E-state index in [-0.39, 0.29) is 0 Å². The molecule has 0 aromatic rings. The van der Waals surface area contributed by atoms with E-state index in [1.54, 1.807) is 5.57 Å². The third-order valence-corrected chi connectivity index (χ3v) is 4.77. The van der Waals surface area contributed by atoms with E-state index >= 15 is 0 Å². The molecular weight excluding hydrogens is 274 g/mol. The molecule has 1 aliphatic carbocycles. The van der Waals surface area contributed by atoms with Gasteiger partial charge in [0.2, 0.25) is 0 Å². The number of rotatable bonds is 8. The molecule has 0 bridgehead atoms. The molecule has 0 atom stereocenters. The van der Waals surface area contributed by atoms with Gasteiger partial charge in [-0.2, -0.15) is 0 Å². The van der Waals surface area contributed by atoms with Gasteiger partial charge in [0.25, 0.3) is 0 Å². The second-order valence-corrected chi connectivity index (χ2v) is 6.44. The normalized spacial score (nSPS) is 20.0. The highest BCUT2D eigenvalue weighted by molar-refractivity contribution is 5.27. The Labute approximate surface area is 136 Å². The predicted octanol–water partition coefficient (Wildman–Crippen LogP) is 2.20. The lowest BCUT2D eigenvalue weighted by atomic mass is 10.0. The molecule has 22 heavy (non-hydrogen) atoms. The zero-order valence-electron chi connectivity index (χ0n) is 14.7. The lowest BCUT2D eigenvalue weighted by Crippen LogP contribution is -2.42. The Balaban J connectivity index is 1.71. The third kappa shape index (κ3) is 5.41. The van der Waals surface area contributed by atoms with E-state index in [2.05, 4.69) is 47.7 Å². The zero-order chi connectivity index (χ0) is 15.8. The van der Waals surface area contributed by atoms with Crippen molar-refractivity contribution in [1.82, 2.24) is 14.7 Å². The number of hydrogen-bond donors (Lipinski definition) is 0. The van der Waals surface area contributed by atoms with Gasteiger partial charge < -0.3 is 14.5 Å². The van der Waals surface area contributed by atoms with E-state index in [1.165, 1.54) is 18.5 Å². The largest absolute Gasteiger partial charge is 0.379 e. The molecule has 0 saturated carbocycles. The number of morpholine rings is 1. The molecule has 0 amide bonds. The average molecular weight is 307 g/mol. The molecule has 0 spiro atoms. The summed E-state index contributed by atoms with van der Waals surface area (Å²) in [6, 6.07) is 0. The first-order valence-corrected chi connectivity index (χ1v) is 8.80. The molecule has 1 fully saturated rings. The molecule has 0 unspecified atom stereocenters. The van der Waals surface area contributed by atoms with E-state index in [0.717, 1.165) is 59.0 Å². The van der Waals surface area contributed by atoms with Crippen molar-refractivity contribution in [3.8, 4) is 0 Å². The molecule has 0 aromatic heterocycles. The standard InChI is InChI=1S/C18H33N3O/c1-4-21(18-8-6-5-7-17(18)2)12-10-19(3)9-11-20-13-15-22-16-14-20/h6,8H,4-5,7,9-16H2,1-3H3. The Morgan fingerprint density at radius 2 is 1.95 bits per heavy atom. The molecular formula is C18H33N3O. The summed E-state index contributed by atoms with van der Waals surface area (Å²) in [7, 11) is 2.24. The topological polar surface area (TPSA) is 19.0 Å². The second kappa shape index (κ2) is 9.33. The average Bonchev–Trinajstić information content (AvgIpc) is 2.56. The fourth-order valence-corrected chi connectivity index (χ4v) is 3.13. The number of allylic oxidation sites excluding steroid dienone is 3. The molecule has 1 heterocycles. The highest BCUT2D eigenvalue weighted by atomic mass is 16.5. The molecule has 126 valence electrons. The van der Waals surface area contributed by atoms with Crippen LogP contribution in [0.1, 0.15) is 26.7 Å². The first-order chi connectivity index (χ1) is 10.7. The number of nitrogens with zero attached hydrogens (tertiary/aromatic N) is 3. The van der Waals surface area contributed by atoms with Crippen LogP contribution in [-0.4, -0.2) is 80.8 Å². The van der Waals surface area contributed by atoms with Gasteiger partial charge >= 0.3 is 0 Å². The maximum atomic E-state index is 5.40. The first kappa shape index (κ1) is 17.5. The van der Waals surface area contributed by atoms with Crippen LogP contribution in [0.15, 0.2) is 23.4 Å². The second-order valence-electron chi connectivity index (χ2n) is 6.44. The van der Waals surface area contributed by atoms with E-state index < -0.39 is 0 Å². The van der Waals surface area contributed by atoms with Gasteiger partial charge in [0.05, 0.1) is 13.2 Å². The molecule has 0 aromatic carbocycles. The van der Waals surface area contributed by atoms with Crippen LogP contribution in [0.3, 0.4) is 0 Å². The quantitative estimate of drug-likeness (QED) is 0.684. The van der Waals surface area contributed by atoms with Crippen LogP contribution in [0.4, 0.5) is 0 Å². The molecule has 0 radical (unpaired) electrons. The summed E-state index contributed by atoms with van der Waals surface area (Å²) < 4.78 is 5.40. The Kier molecular flexibility index (Phi) is 7.43. The Hall–Kier alpha value is -0.840. The summed E-state index contributed by atoms with van der Waals surface area (Å²) in [6.07, 6.45) is 7.05. The highest BCUT2D eigenvalue weighted by Gasteiger charge is 2.13. The van der Waals surface area contributed by atoms with Crippen LogP contribution in [0.25, 0.3) is 0 Å². The van der Waals surface area contributed by atoms with Crippen LogP contribution in [0, 0.1) is 0 Å². The van der Waals surface area contributed by atoms with Gasteiger partial charge in [0.15, 0.2) is 0 Å². The Morgan fingerprint density at radius 3 is 2.64 bits per heavy atom. The summed E-state index contributed by atoms with van der Waals surface area (Å²) in [5, 5.41) is 0. The van der Waals surface area contributed by atoms with Gasteiger partial charge in [-0.15, -0.1) is 0 Å². The number of hydrogen-bond acceptors (Lipinski definition) is 4. The van der Waals surface area contributed by atoms with E-state index in [9.17, 15) is 0 Å². The Morgan fingerprint density at radius 1 is 1.18 bits per heavy atom. The van der Waals surface area contributed by atoms with Crippen molar-refractivity contribution in [3.05, 3.63) is 23.4 Å². The van der Waals surface area contributed by atoms with Crippen LogP contribution >= 0.6 is 0 Å². The fraction of sp³-hybridized carbons (Fsp3) is 0.778. The number of likely N-dealkylation sites (N-methyl/N-ethyl adjacent to an activating group) is 2. The van der Waals surface area contributed by atoms with Crippen molar-refractivity contribution in [3.63, 3.8) is 0 Å². The van der Waals surface area contributed by atoms with Gasteiger partial charge in [0, 0.05) is 51.5 Å². The van der Waals surface area contributed by atoms with Gasteiger partial charge in [-0.3, -0.25) is 4.90 Å². The minimum absolute atomic E-state index is 0.896. The molecule has 4 heteroatoms. The highest BCUT2D eigenvalue weighted by Crippen LogP contribution is 2.21. The number of ether oxygens (including phenoxy) is 1. The van der Waals surface area contributed by atoms with Gasteiger partial charge in [0.1, 0.15) is 0 Å². The van der Waals surface area contributed by atoms with E-state index in [4.69, 9.17) is 4.74 Å². The lowest BCUT2D eigenvalue weighted by molar-refractivity contribution is 0.0343. The van der Waals surface area contributed by atoms with E-state index in [1.807, 2.05) is 0 Å². The third-order valence-electron chi connectivity index (χ3n) is 4.77. The fourth-order valence-electron chi connectivity index (χ4n) is 3.13. The maximum absolute atomic E-state index is 5.40. The summed E-state index contributed by atoms with van der Waals surface area (Å²) >= 11 is 0. The summed E-state index contributed by atoms with van der Waals surface area (Å²) in [6.45, 7) is 14.2. The SMILES string of the molecule is CCN(CCN(C)CCN1CCOCC1)C1=C(C)CCC=C1. The van der Waals surface area contributed by atoms with Crippen LogP contribution in [0.2, 0.25) is 0 Å². The summed E-state index contributed by atoms with van der Waals surface area (Å²) in [5.41, 5.74) is 3.00. The smallest absolute Gasteiger partial charge is 0.0594 e. The minimum Gasteiger partial charge on any atom is -0.379 e. The van der Waals surface area contributed by atoms with Gasteiger partial charge in [-0.05, 0) is 45.4 Å². The van der Waals surface area contributed by atoms with E-state index in [0.29, 0.717) is 0 Å². The molecule has 1 aliphatic heterocycles. The first-order valence-electron chi connectivity index (χ1n) is 8.80. The monoisotopic (exact) mass is 307 g/mol. The maximum Gasteiger partial charge on any atom is 0.0594 e. The molecule has 0 N–H and O–H groups in total. The zero-order valence-corrected chi connectivity index (χ0v) is 14.7. The predicted molar refractivity (Wildman–Crippen MR) is 93.1 cm³/mol. The van der Waals surface area contributed by atoms with Gasteiger partial charge in [-0.25, -0.2) is 0 Å². The lowest BCUT2D eigenvalue weighted by Gasteiger charge is -2.31. The van der Waals surface area contributed by atoms with Crippen molar-refractivity contribution < 1.29 is 4.74 Å². The summed E-state index contributed by atoms with van der Waals surface area (Å²) in [4.78, 5) is 7.49. The van der Waals surface area contributed by atoms with Crippen molar-refractivity contribution in [2.75, 3.05) is 66.1 Å². The molecule has 4 nitrogen and oxygen atoms in total. The Bertz CT molecular complexity index is 386. The van der Waals surface area contributed by atoms with Crippen molar-refractivity contribution in [2.24, 2.45) is 0 Å². The van der Waals surface area contributed by atoms with Crippen LogP contribution in [-0.2, 0) is 4.74 Å². The summed E-state index contributed by atoms with van der Waals surface area (Å²) in [5.74, 6) is 0. The van der Waals surface area contributed by atoms with Crippen molar-refractivity contribution in [2.45, 2.75) is 26.7 Å². The van der Waals surface area contributed by atoms with Crippen molar-refractivity contribution >= 4 is 0 Å². The van der Waals surface area contributed by atoms with Crippen molar-refractivity contribution in [1.29, 1.82) is 0 Å². The van der Waals surface area contributed by atoms with Crippen LogP contribution < -0.4 is 0 Å². The molecule has 1 saturated heterocycles. The van der Waals surface area contributed by atoms with Crippen LogP contribution in [0.5, 0.6) is 0 Å².